The number of nitrogens with zero attached hydrogens (tertiary/aromatic N) is 1. The summed E-state index contributed by atoms with van der Waals surface area (Å²) in [5.74, 6) is -2.19. The van der Waals surface area contributed by atoms with Crippen LogP contribution < -0.4 is 4.90 Å². The van der Waals surface area contributed by atoms with Crippen LogP contribution in [-0.2, 0) is 14.3 Å². The zero-order valence-corrected chi connectivity index (χ0v) is 19.9. The first kappa shape index (κ1) is 23.3. The third kappa shape index (κ3) is 3.95. The van der Waals surface area contributed by atoms with E-state index in [1.54, 1.807) is 12.1 Å². The van der Waals surface area contributed by atoms with Crippen LogP contribution in [0, 0.1) is 29.5 Å². The van der Waals surface area contributed by atoms with Crippen LogP contribution in [0.3, 0.4) is 0 Å². The molecule has 7 heteroatoms. The predicted octanol–water partition coefficient (Wildman–Crippen LogP) is 4.79. The SMILES string of the molecule is O=C(COC(=O)c1cccc(N2C(=O)[C@@H]3[C@H]4C[C@H]([C@H]3C2=O)[C@@H](c2ccccc2)C4)c1)c1ccc(F)cc1. The molecule has 0 radical (unpaired) electrons. The molecule has 1 aliphatic heterocycles. The average Bonchev–Trinajstić information content (AvgIpc) is 3.59. The maximum atomic E-state index is 13.6. The number of ketones is 1. The molecule has 3 aliphatic rings. The molecule has 2 saturated carbocycles. The maximum Gasteiger partial charge on any atom is 0.338 e. The molecule has 0 spiro atoms. The summed E-state index contributed by atoms with van der Waals surface area (Å²) in [6, 6.07) is 21.3. The van der Waals surface area contributed by atoms with E-state index in [0.29, 0.717) is 5.69 Å². The van der Waals surface area contributed by atoms with E-state index < -0.39 is 24.2 Å². The van der Waals surface area contributed by atoms with Gasteiger partial charge in [0.25, 0.3) is 0 Å². The van der Waals surface area contributed by atoms with Crippen molar-refractivity contribution in [1.29, 1.82) is 0 Å². The Balaban J connectivity index is 1.18. The van der Waals surface area contributed by atoms with Crippen molar-refractivity contribution < 1.29 is 28.3 Å². The van der Waals surface area contributed by atoms with Crippen LogP contribution in [0.2, 0.25) is 0 Å². The minimum Gasteiger partial charge on any atom is -0.454 e. The maximum absolute atomic E-state index is 13.6. The number of amides is 2. The summed E-state index contributed by atoms with van der Waals surface area (Å²) in [6.07, 6.45) is 1.78. The van der Waals surface area contributed by atoms with Gasteiger partial charge in [0.1, 0.15) is 5.82 Å². The molecule has 2 bridgehead atoms. The second kappa shape index (κ2) is 9.07. The van der Waals surface area contributed by atoms with E-state index in [1.807, 2.05) is 18.2 Å². The van der Waals surface area contributed by atoms with Gasteiger partial charge in [-0.1, -0.05) is 36.4 Å². The molecule has 3 fully saturated rings. The van der Waals surface area contributed by atoms with E-state index in [-0.39, 0.29) is 52.5 Å². The molecule has 37 heavy (non-hydrogen) atoms. The Morgan fingerprint density at radius 3 is 2.32 bits per heavy atom. The summed E-state index contributed by atoms with van der Waals surface area (Å²) >= 11 is 0. The second-order valence-electron chi connectivity index (χ2n) is 10.0. The summed E-state index contributed by atoms with van der Waals surface area (Å²) in [7, 11) is 0. The lowest BCUT2D eigenvalue weighted by Crippen LogP contribution is -2.33. The highest BCUT2D eigenvalue weighted by Gasteiger charge is 2.64. The van der Waals surface area contributed by atoms with Crippen molar-refractivity contribution in [3.63, 3.8) is 0 Å². The average molecular weight is 498 g/mol. The lowest BCUT2D eigenvalue weighted by atomic mass is 9.73. The number of hydrogen-bond donors (Lipinski definition) is 0. The molecule has 3 aromatic carbocycles. The van der Waals surface area contributed by atoms with Crippen molar-refractivity contribution in [3.8, 4) is 0 Å². The molecule has 0 N–H and O–H groups in total. The van der Waals surface area contributed by atoms with Crippen LogP contribution in [0.1, 0.15) is 45.0 Å². The number of imide groups is 1. The fourth-order valence-corrected chi connectivity index (χ4v) is 6.50. The van der Waals surface area contributed by atoms with Crippen molar-refractivity contribution in [1.82, 2.24) is 0 Å². The summed E-state index contributed by atoms with van der Waals surface area (Å²) in [4.78, 5) is 53.1. The number of Topliss-reactive ketones (excluding diaryl/α,β-unsaturated/α-hetero) is 1. The fourth-order valence-electron chi connectivity index (χ4n) is 6.50. The van der Waals surface area contributed by atoms with Crippen LogP contribution in [0.15, 0.2) is 78.9 Å². The molecule has 3 aromatic rings. The molecule has 1 saturated heterocycles. The first-order valence-corrected chi connectivity index (χ1v) is 12.4. The minimum absolute atomic E-state index is 0.129. The van der Waals surface area contributed by atoms with Crippen LogP contribution in [0.5, 0.6) is 0 Å². The lowest BCUT2D eigenvalue weighted by molar-refractivity contribution is -0.123. The van der Waals surface area contributed by atoms with Crippen LogP contribution in [-0.4, -0.2) is 30.2 Å². The number of ether oxygens (including phenoxy) is 1. The quantitative estimate of drug-likeness (QED) is 0.278. The third-order valence-corrected chi connectivity index (χ3v) is 8.08. The number of anilines is 1. The van der Waals surface area contributed by atoms with E-state index in [0.717, 1.165) is 25.0 Å². The summed E-state index contributed by atoms with van der Waals surface area (Å²) in [5, 5.41) is 0. The van der Waals surface area contributed by atoms with Crippen LogP contribution >= 0.6 is 0 Å². The number of rotatable bonds is 6. The number of carbonyl (C=O) groups excluding carboxylic acids is 4. The molecule has 2 amide bonds. The van der Waals surface area contributed by atoms with E-state index >= 15 is 0 Å². The van der Waals surface area contributed by atoms with E-state index in [4.69, 9.17) is 4.74 Å². The first-order chi connectivity index (χ1) is 17.9. The molecule has 1 heterocycles. The third-order valence-electron chi connectivity index (χ3n) is 8.08. The zero-order valence-electron chi connectivity index (χ0n) is 19.9. The first-order valence-electron chi connectivity index (χ1n) is 12.4. The van der Waals surface area contributed by atoms with E-state index in [9.17, 15) is 23.6 Å². The van der Waals surface area contributed by atoms with E-state index in [1.165, 1.54) is 34.7 Å². The van der Waals surface area contributed by atoms with Gasteiger partial charge in [-0.2, -0.15) is 0 Å². The predicted molar refractivity (Wildman–Crippen MR) is 132 cm³/mol. The Labute approximate surface area is 213 Å². The van der Waals surface area contributed by atoms with Gasteiger partial charge in [0.15, 0.2) is 12.4 Å². The lowest BCUT2D eigenvalue weighted by Gasteiger charge is -2.28. The highest BCUT2D eigenvalue weighted by atomic mass is 19.1. The summed E-state index contributed by atoms with van der Waals surface area (Å²) in [6.45, 7) is -0.509. The van der Waals surface area contributed by atoms with Gasteiger partial charge >= 0.3 is 5.97 Å². The number of benzene rings is 3. The summed E-state index contributed by atoms with van der Waals surface area (Å²) in [5.41, 5.74) is 1.91. The van der Waals surface area contributed by atoms with Gasteiger partial charge in [-0.15, -0.1) is 0 Å². The van der Waals surface area contributed by atoms with E-state index in [2.05, 4.69) is 12.1 Å². The number of esters is 1. The van der Waals surface area contributed by atoms with Gasteiger partial charge < -0.3 is 4.74 Å². The molecule has 186 valence electrons. The Hall–Kier alpha value is -4.13. The zero-order chi connectivity index (χ0) is 25.7. The summed E-state index contributed by atoms with van der Waals surface area (Å²) < 4.78 is 18.2. The highest BCUT2D eigenvalue weighted by molar-refractivity contribution is 6.23. The van der Waals surface area contributed by atoms with Gasteiger partial charge in [-0.3, -0.25) is 19.3 Å². The van der Waals surface area contributed by atoms with Crippen LogP contribution in [0.25, 0.3) is 0 Å². The van der Waals surface area contributed by atoms with Crippen molar-refractivity contribution in [2.24, 2.45) is 23.7 Å². The molecule has 0 aromatic heterocycles. The monoisotopic (exact) mass is 497 g/mol. The molecule has 0 unspecified atom stereocenters. The molecule has 6 nitrogen and oxygen atoms in total. The molecular formula is C30H24FNO5. The highest BCUT2D eigenvalue weighted by Crippen LogP contribution is 2.61. The number of carbonyl (C=O) groups is 4. The number of halogens is 1. The Morgan fingerprint density at radius 1 is 0.838 bits per heavy atom. The van der Waals surface area contributed by atoms with Crippen molar-refractivity contribution >= 4 is 29.3 Å². The van der Waals surface area contributed by atoms with Crippen LogP contribution in [0.4, 0.5) is 10.1 Å². The largest absolute Gasteiger partial charge is 0.454 e. The Morgan fingerprint density at radius 2 is 1.57 bits per heavy atom. The molecule has 6 rings (SSSR count). The van der Waals surface area contributed by atoms with Gasteiger partial charge in [0.05, 0.1) is 23.1 Å². The van der Waals surface area contributed by atoms with Gasteiger partial charge in [-0.05, 0) is 78.6 Å². The van der Waals surface area contributed by atoms with Crippen molar-refractivity contribution in [2.75, 3.05) is 11.5 Å². The Kier molecular flexibility index (Phi) is 5.71. The standard InChI is InChI=1S/C30H24FNO5/c31-21-11-9-18(10-12-21)25(33)16-37-30(36)19-7-4-8-22(13-19)32-28(34)26-20-14-23(17-5-2-1-3-6-17)24(15-20)27(26)29(32)35/h1-13,20,23-24,26-27H,14-16H2/t20-,23-,24+,26-,27-/m1/s1. The van der Waals surface area contributed by atoms with Gasteiger partial charge in [-0.25, -0.2) is 9.18 Å². The van der Waals surface area contributed by atoms with Gasteiger partial charge in [0, 0.05) is 5.56 Å². The minimum atomic E-state index is -0.749. The number of hydrogen-bond acceptors (Lipinski definition) is 5. The smallest absolute Gasteiger partial charge is 0.338 e. The van der Waals surface area contributed by atoms with Gasteiger partial charge in [0.2, 0.25) is 11.8 Å². The topological polar surface area (TPSA) is 80.8 Å². The molecule has 5 atom stereocenters. The number of fused-ring (bicyclic) bond motifs is 5. The fraction of sp³-hybridized carbons (Fsp3) is 0.267. The second-order valence-corrected chi connectivity index (χ2v) is 10.0. The van der Waals surface area contributed by atoms with Crippen molar-refractivity contribution in [3.05, 3.63) is 101 Å². The molecule has 2 aliphatic carbocycles. The van der Waals surface area contributed by atoms with Crippen molar-refractivity contribution in [2.45, 2.75) is 18.8 Å². The molecular weight excluding hydrogens is 473 g/mol. The normalized spacial score (nSPS) is 25.9. The Bertz CT molecular complexity index is 1400.